The Labute approximate surface area is 133 Å². The number of nitrogens with zero attached hydrogens (tertiary/aromatic N) is 1. The lowest BCUT2D eigenvalue weighted by molar-refractivity contribution is -0.134. The minimum atomic E-state index is -0.913. The number of carboxylic acid groups (broad SMARTS) is 1. The van der Waals surface area contributed by atoms with Gasteiger partial charge in [-0.05, 0) is 43.3 Å². The number of nitrogens with one attached hydrogen (secondary N) is 1. The zero-order valence-electron chi connectivity index (χ0n) is 12.6. The molecule has 0 aliphatic rings. The fourth-order valence-electron chi connectivity index (χ4n) is 2.34. The van der Waals surface area contributed by atoms with E-state index in [2.05, 4.69) is 10.3 Å². The molecule has 23 heavy (non-hydrogen) atoms. The Bertz CT molecular complexity index is 848. The fraction of sp³-hybridized carbons (Fsp3) is 0.111. The Morgan fingerprint density at radius 3 is 2.65 bits per heavy atom. The van der Waals surface area contributed by atoms with Gasteiger partial charge in [0.05, 0.1) is 5.52 Å². The van der Waals surface area contributed by atoms with Crippen molar-refractivity contribution in [2.24, 2.45) is 0 Å². The molecule has 5 nitrogen and oxygen atoms in total. The standard InChI is InChI=1S/C18H16N2O3/c1-12-9-17(19-11-18(21)22)15-10-14(7-8-16(15)20-12)23-13-5-3-2-4-6-13/h2-10H,11H2,1H3,(H,19,20)(H,21,22). The van der Waals surface area contributed by atoms with E-state index in [0.29, 0.717) is 5.75 Å². The summed E-state index contributed by atoms with van der Waals surface area (Å²) in [4.78, 5) is 15.3. The Morgan fingerprint density at radius 1 is 1.13 bits per heavy atom. The second kappa shape index (κ2) is 6.36. The third-order valence-corrected chi connectivity index (χ3v) is 3.32. The highest BCUT2D eigenvalue weighted by Gasteiger charge is 2.08. The van der Waals surface area contributed by atoms with Crippen LogP contribution in [0.3, 0.4) is 0 Å². The lowest BCUT2D eigenvalue weighted by Gasteiger charge is -2.11. The van der Waals surface area contributed by atoms with Crippen molar-refractivity contribution in [1.82, 2.24) is 4.98 Å². The summed E-state index contributed by atoms with van der Waals surface area (Å²) in [5, 5.41) is 12.6. The van der Waals surface area contributed by atoms with E-state index in [1.807, 2.05) is 61.5 Å². The number of aliphatic carboxylic acids is 1. The molecule has 0 saturated heterocycles. The van der Waals surface area contributed by atoms with Crippen molar-refractivity contribution < 1.29 is 14.6 Å². The van der Waals surface area contributed by atoms with Crippen molar-refractivity contribution in [1.29, 1.82) is 0 Å². The van der Waals surface area contributed by atoms with E-state index in [4.69, 9.17) is 9.84 Å². The van der Waals surface area contributed by atoms with Crippen molar-refractivity contribution in [3.8, 4) is 11.5 Å². The van der Waals surface area contributed by atoms with Gasteiger partial charge in [-0.25, -0.2) is 0 Å². The fourth-order valence-corrected chi connectivity index (χ4v) is 2.34. The van der Waals surface area contributed by atoms with Crippen LogP contribution in [0.4, 0.5) is 5.69 Å². The van der Waals surface area contributed by atoms with Crippen LogP contribution in [0.5, 0.6) is 11.5 Å². The van der Waals surface area contributed by atoms with Crippen LogP contribution in [0.15, 0.2) is 54.6 Å². The number of hydrogen-bond acceptors (Lipinski definition) is 4. The molecule has 0 amide bonds. The summed E-state index contributed by atoms with van der Waals surface area (Å²) in [6, 6.07) is 16.9. The SMILES string of the molecule is Cc1cc(NCC(=O)O)c2cc(Oc3ccccc3)ccc2n1. The van der Waals surface area contributed by atoms with Crippen LogP contribution >= 0.6 is 0 Å². The minimum Gasteiger partial charge on any atom is -0.480 e. The van der Waals surface area contributed by atoms with Gasteiger partial charge in [-0.15, -0.1) is 0 Å². The van der Waals surface area contributed by atoms with Gasteiger partial charge in [0, 0.05) is 16.8 Å². The summed E-state index contributed by atoms with van der Waals surface area (Å²) in [7, 11) is 0. The van der Waals surface area contributed by atoms with Crippen molar-refractivity contribution in [3.05, 3.63) is 60.3 Å². The van der Waals surface area contributed by atoms with Crippen molar-refractivity contribution in [2.45, 2.75) is 6.92 Å². The van der Waals surface area contributed by atoms with Crippen LogP contribution in [0.25, 0.3) is 10.9 Å². The normalized spacial score (nSPS) is 10.5. The van der Waals surface area contributed by atoms with E-state index in [1.165, 1.54) is 0 Å². The molecule has 3 rings (SSSR count). The molecule has 0 aliphatic carbocycles. The van der Waals surface area contributed by atoms with Crippen molar-refractivity contribution >= 4 is 22.6 Å². The lowest BCUT2D eigenvalue weighted by Crippen LogP contribution is -2.12. The number of rotatable bonds is 5. The third-order valence-electron chi connectivity index (χ3n) is 3.32. The summed E-state index contributed by atoms with van der Waals surface area (Å²) in [6.45, 7) is 1.72. The number of hydrogen-bond donors (Lipinski definition) is 2. The quantitative estimate of drug-likeness (QED) is 0.749. The van der Waals surface area contributed by atoms with Crippen LogP contribution in [0, 0.1) is 6.92 Å². The van der Waals surface area contributed by atoms with Gasteiger partial charge in [0.2, 0.25) is 0 Å². The number of pyridine rings is 1. The number of benzene rings is 2. The van der Waals surface area contributed by atoms with Crippen LogP contribution in [-0.4, -0.2) is 22.6 Å². The summed E-state index contributed by atoms with van der Waals surface area (Å²) in [6.07, 6.45) is 0. The predicted molar refractivity (Wildman–Crippen MR) is 89.1 cm³/mol. The monoisotopic (exact) mass is 308 g/mol. The van der Waals surface area contributed by atoms with Crippen LogP contribution in [0.1, 0.15) is 5.69 Å². The van der Waals surface area contributed by atoms with E-state index in [-0.39, 0.29) is 6.54 Å². The maximum Gasteiger partial charge on any atom is 0.322 e. The lowest BCUT2D eigenvalue weighted by atomic mass is 10.1. The molecule has 1 heterocycles. The van der Waals surface area contributed by atoms with Gasteiger partial charge in [0.25, 0.3) is 0 Å². The van der Waals surface area contributed by atoms with E-state index < -0.39 is 5.97 Å². The summed E-state index contributed by atoms with van der Waals surface area (Å²) >= 11 is 0. The van der Waals surface area contributed by atoms with Gasteiger partial charge in [-0.2, -0.15) is 0 Å². The molecule has 0 fully saturated rings. The number of para-hydroxylation sites is 1. The molecular formula is C18H16N2O3. The highest BCUT2D eigenvalue weighted by Crippen LogP contribution is 2.29. The molecular weight excluding hydrogens is 292 g/mol. The van der Waals surface area contributed by atoms with E-state index in [9.17, 15) is 4.79 Å². The second-order valence-electron chi connectivity index (χ2n) is 5.15. The molecule has 0 unspecified atom stereocenters. The summed E-state index contributed by atoms with van der Waals surface area (Å²) < 4.78 is 5.83. The van der Waals surface area contributed by atoms with Gasteiger partial charge in [0.1, 0.15) is 18.0 Å². The smallest absolute Gasteiger partial charge is 0.322 e. The molecule has 0 aliphatic heterocycles. The first-order chi connectivity index (χ1) is 11.1. The molecule has 0 saturated carbocycles. The van der Waals surface area contributed by atoms with E-state index >= 15 is 0 Å². The third kappa shape index (κ3) is 3.58. The van der Waals surface area contributed by atoms with Gasteiger partial charge in [-0.1, -0.05) is 18.2 Å². The number of fused-ring (bicyclic) bond motifs is 1. The highest BCUT2D eigenvalue weighted by atomic mass is 16.5. The first-order valence-corrected chi connectivity index (χ1v) is 7.22. The topological polar surface area (TPSA) is 71.5 Å². The molecule has 0 bridgehead atoms. The van der Waals surface area contributed by atoms with Gasteiger partial charge in [0.15, 0.2) is 0 Å². The molecule has 116 valence electrons. The molecule has 2 aromatic carbocycles. The first-order valence-electron chi connectivity index (χ1n) is 7.22. The highest BCUT2D eigenvalue weighted by molar-refractivity contribution is 5.93. The van der Waals surface area contributed by atoms with Gasteiger partial charge in [-0.3, -0.25) is 9.78 Å². The molecule has 5 heteroatoms. The maximum absolute atomic E-state index is 10.8. The average Bonchev–Trinajstić information content (AvgIpc) is 2.54. The molecule has 0 spiro atoms. The van der Waals surface area contributed by atoms with Crippen LogP contribution in [0.2, 0.25) is 0 Å². The van der Waals surface area contributed by atoms with Crippen molar-refractivity contribution in [3.63, 3.8) is 0 Å². The van der Waals surface area contributed by atoms with Crippen LogP contribution in [-0.2, 0) is 4.79 Å². The number of aryl methyl sites for hydroxylation is 1. The van der Waals surface area contributed by atoms with Crippen molar-refractivity contribution in [2.75, 3.05) is 11.9 Å². The Balaban J connectivity index is 1.98. The number of anilines is 1. The largest absolute Gasteiger partial charge is 0.480 e. The Morgan fingerprint density at radius 2 is 1.91 bits per heavy atom. The van der Waals surface area contributed by atoms with Gasteiger partial charge >= 0.3 is 5.97 Å². The molecule has 1 aromatic heterocycles. The Kier molecular flexibility index (Phi) is 4.10. The number of carbonyl (C=O) groups is 1. The second-order valence-corrected chi connectivity index (χ2v) is 5.15. The number of carboxylic acids is 1. The summed E-state index contributed by atoms with van der Waals surface area (Å²) in [5.74, 6) is 0.504. The predicted octanol–water partition coefficient (Wildman–Crippen LogP) is 3.83. The van der Waals surface area contributed by atoms with Gasteiger partial charge < -0.3 is 15.2 Å². The number of ether oxygens (including phenoxy) is 1. The zero-order valence-corrected chi connectivity index (χ0v) is 12.6. The molecule has 3 aromatic rings. The molecule has 2 N–H and O–H groups in total. The van der Waals surface area contributed by atoms with Crippen LogP contribution < -0.4 is 10.1 Å². The molecule has 0 radical (unpaired) electrons. The number of aromatic nitrogens is 1. The zero-order chi connectivity index (χ0) is 16.2. The first kappa shape index (κ1) is 14.8. The van der Waals surface area contributed by atoms with E-state index in [0.717, 1.165) is 28.0 Å². The minimum absolute atomic E-state index is 0.150. The Hall–Kier alpha value is -3.08. The average molecular weight is 308 g/mol. The molecule has 0 atom stereocenters. The maximum atomic E-state index is 10.8. The summed E-state index contributed by atoms with van der Waals surface area (Å²) in [5.41, 5.74) is 2.34. The van der Waals surface area contributed by atoms with E-state index in [1.54, 1.807) is 0 Å².